The van der Waals surface area contributed by atoms with Crippen LogP contribution < -0.4 is 11.1 Å². The van der Waals surface area contributed by atoms with E-state index >= 15 is 0 Å². The van der Waals surface area contributed by atoms with E-state index in [1.54, 1.807) is 18.6 Å². The number of pyridine rings is 1. The number of carbonyl (C=O) groups is 1. The molecule has 0 aromatic carbocycles. The van der Waals surface area contributed by atoms with Gasteiger partial charge in [-0.1, -0.05) is 19.1 Å². The predicted molar refractivity (Wildman–Crippen MR) is 136 cm³/mol. The van der Waals surface area contributed by atoms with Gasteiger partial charge in [0.25, 0.3) is 0 Å². The van der Waals surface area contributed by atoms with E-state index in [2.05, 4.69) is 25.3 Å². The van der Waals surface area contributed by atoms with Crippen LogP contribution in [-0.4, -0.2) is 33.6 Å². The van der Waals surface area contributed by atoms with Crippen LogP contribution in [0.25, 0.3) is 11.3 Å². The van der Waals surface area contributed by atoms with Crippen LogP contribution in [0.2, 0.25) is 0 Å². The fourth-order valence-corrected chi connectivity index (χ4v) is 3.16. The van der Waals surface area contributed by atoms with Crippen molar-refractivity contribution in [2.45, 2.75) is 41.0 Å². The first-order valence-corrected chi connectivity index (χ1v) is 10.8. The van der Waals surface area contributed by atoms with Gasteiger partial charge < -0.3 is 11.1 Å². The lowest BCUT2D eigenvalue weighted by atomic mass is 9.99. The fraction of sp³-hybridized carbons (Fsp3) is 0.269. The van der Waals surface area contributed by atoms with E-state index in [1.165, 1.54) is 0 Å². The molecule has 0 aliphatic heterocycles. The highest BCUT2D eigenvalue weighted by molar-refractivity contribution is 6.10. The maximum atomic E-state index is 10.9. The largest absolute Gasteiger partial charge is 0.402 e. The number of nitrogens with zero attached hydrogens (tertiary/aromatic N) is 4. The molecule has 3 N–H and O–H groups in total. The van der Waals surface area contributed by atoms with Crippen LogP contribution in [0.1, 0.15) is 41.0 Å². The van der Waals surface area contributed by atoms with E-state index in [-0.39, 0.29) is 0 Å². The second-order valence-corrected chi connectivity index (χ2v) is 7.58. The van der Waals surface area contributed by atoms with Crippen molar-refractivity contribution < 1.29 is 4.79 Å². The molecular weight excluding hydrogens is 412 g/mol. The van der Waals surface area contributed by atoms with E-state index < -0.39 is 0 Å². The summed E-state index contributed by atoms with van der Waals surface area (Å²) in [5.41, 5.74) is 13.2. The van der Waals surface area contributed by atoms with E-state index in [9.17, 15) is 4.79 Å². The lowest BCUT2D eigenvalue weighted by molar-refractivity contribution is -0.106. The summed E-state index contributed by atoms with van der Waals surface area (Å²) >= 11 is 0. The molecule has 0 aliphatic rings. The molecule has 0 atom stereocenters. The van der Waals surface area contributed by atoms with Crippen LogP contribution in [0.4, 0.5) is 5.95 Å². The average molecular weight is 445 g/mol. The standard InChI is InChI=1S/C26H32N6O/c1-6-8-19(3)24(31-17-33)11-10-18(2)20(4)23(21(5)27)16-30-26-29-14-12-25(32-26)22-9-7-13-28-15-22/h7-15,17H,6,16,27H2,1-5H3,(H,29,30,32)/b11-10-,19-8+,20-18-,23-21-,31-24?. The van der Waals surface area contributed by atoms with Gasteiger partial charge in [-0.05, 0) is 80.7 Å². The highest BCUT2D eigenvalue weighted by atomic mass is 16.1. The van der Waals surface area contributed by atoms with Gasteiger partial charge in [0.2, 0.25) is 12.4 Å². The lowest BCUT2D eigenvalue weighted by Gasteiger charge is -2.14. The Morgan fingerprint density at radius 3 is 2.58 bits per heavy atom. The Labute approximate surface area is 196 Å². The van der Waals surface area contributed by atoms with Crippen molar-refractivity contribution in [1.82, 2.24) is 15.0 Å². The molecule has 0 unspecified atom stereocenters. The Hall–Kier alpha value is -3.87. The van der Waals surface area contributed by atoms with Crippen LogP contribution in [-0.2, 0) is 4.79 Å². The van der Waals surface area contributed by atoms with Crippen molar-refractivity contribution in [2.24, 2.45) is 10.7 Å². The molecule has 7 heteroatoms. The highest BCUT2D eigenvalue weighted by Crippen LogP contribution is 2.20. The summed E-state index contributed by atoms with van der Waals surface area (Å²) in [6, 6.07) is 5.68. The molecule has 0 saturated carbocycles. The number of anilines is 1. The summed E-state index contributed by atoms with van der Waals surface area (Å²) in [5, 5.41) is 3.27. The average Bonchev–Trinajstić information content (AvgIpc) is 2.82. The maximum Gasteiger partial charge on any atom is 0.233 e. The molecule has 2 aromatic rings. The zero-order chi connectivity index (χ0) is 24.2. The third-order valence-corrected chi connectivity index (χ3v) is 5.15. The molecular formula is C26H32N6O. The number of allylic oxidation sites excluding steroid dienone is 6. The smallest absolute Gasteiger partial charge is 0.233 e. The van der Waals surface area contributed by atoms with E-state index in [0.717, 1.165) is 40.0 Å². The van der Waals surface area contributed by atoms with Gasteiger partial charge in [0.05, 0.1) is 11.4 Å². The summed E-state index contributed by atoms with van der Waals surface area (Å²) < 4.78 is 0. The van der Waals surface area contributed by atoms with Crippen molar-refractivity contribution in [3.8, 4) is 11.3 Å². The predicted octanol–water partition coefficient (Wildman–Crippen LogP) is 5.03. The van der Waals surface area contributed by atoms with Gasteiger partial charge in [0, 0.05) is 36.4 Å². The molecule has 0 spiro atoms. The third-order valence-electron chi connectivity index (χ3n) is 5.15. The molecule has 7 nitrogen and oxygen atoms in total. The van der Waals surface area contributed by atoms with Gasteiger partial charge in [0.15, 0.2) is 0 Å². The van der Waals surface area contributed by atoms with Gasteiger partial charge in [-0.25, -0.2) is 15.0 Å². The van der Waals surface area contributed by atoms with E-state index in [1.807, 2.05) is 71.0 Å². The number of nitrogens with one attached hydrogen (secondary N) is 1. The zero-order valence-corrected chi connectivity index (χ0v) is 20.0. The third kappa shape index (κ3) is 7.64. The maximum absolute atomic E-state index is 10.9. The Kier molecular flexibility index (Phi) is 9.89. The van der Waals surface area contributed by atoms with Gasteiger partial charge in [-0.3, -0.25) is 9.78 Å². The minimum absolute atomic E-state index is 0.472. The minimum atomic E-state index is 0.472. The molecule has 0 fully saturated rings. The Balaban J connectivity index is 2.22. The Morgan fingerprint density at radius 1 is 1.15 bits per heavy atom. The number of hydrogen-bond donors (Lipinski definition) is 2. The van der Waals surface area contributed by atoms with E-state index in [0.29, 0.717) is 30.3 Å². The summed E-state index contributed by atoms with van der Waals surface area (Å²) in [6.07, 6.45) is 12.5. The normalized spacial score (nSPS) is 14.1. The molecule has 0 bridgehead atoms. The molecule has 2 heterocycles. The van der Waals surface area contributed by atoms with Crippen LogP contribution in [0.15, 0.2) is 88.0 Å². The van der Waals surface area contributed by atoms with Crippen LogP contribution in [0.3, 0.4) is 0 Å². The Bertz CT molecular complexity index is 1110. The zero-order valence-electron chi connectivity index (χ0n) is 20.0. The molecule has 0 aliphatic carbocycles. The van der Waals surface area contributed by atoms with Gasteiger partial charge in [0.1, 0.15) is 0 Å². The number of nitrogens with two attached hydrogens (primary N) is 1. The molecule has 2 aromatic heterocycles. The van der Waals surface area contributed by atoms with Crippen LogP contribution in [0, 0.1) is 0 Å². The number of aliphatic imine (C=N–C) groups is 1. The Morgan fingerprint density at radius 2 is 1.94 bits per heavy atom. The molecule has 0 saturated heterocycles. The van der Waals surface area contributed by atoms with Crippen molar-refractivity contribution >= 4 is 18.1 Å². The molecule has 0 radical (unpaired) electrons. The van der Waals surface area contributed by atoms with Gasteiger partial charge in [-0.2, -0.15) is 0 Å². The second-order valence-electron chi connectivity index (χ2n) is 7.58. The topological polar surface area (TPSA) is 106 Å². The van der Waals surface area contributed by atoms with E-state index in [4.69, 9.17) is 5.73 Å². The van der Waals surface area contributed by atoms with Crippen molar-refractivity contribution in [3.05, 3.63) is 83.0 Å². The van der Waals surface area contributed by atoms with Crippen molar-refractivity contribution in [2.75, 3.05) is 11.9 Å². The number of amides is 1. The quantitative estimate of drug-likeness (QED) is 0.302. The summed E-state index contributed by atoms with van der Waals surface area (Å²) in [4.78, 5) is 27.9. The summed E-state index contributed by atoms with van der Waals surface area (Å²) in [7, 11) is 0. The number of aromatic nitrogens is 3. The lowest BCUT2D eigenvalue weighted by Crippen LogP contribution is -2.13. The number of carbonyl (C=O) groups excluding carboxylic acids is 1. The summed E-state index contributed by atoms with van der Waals surface area (Å²) in [6.45, 7) is 10.4. The second kappa shape index (κ2) is 12.9. The first-order chi connectivity index (χ1) is 15.9. The number of hydrogen-bond acceptors (Lipinski definition) is 6. The van der Waals surface area contributed by atoms with Crippen LogP contribution >= 0.6 is 0 Å². The van der Waals surface area contributed by atoms with Crippen molar-refractivity contribution in [1.29, 1.82) is 0 Å². The van der Waals surface area contributed by atoms with Gasteiger partial charge in [-0.15, -0.1) is 0 Å². The van der Waals surface area contributed by atoms with Crippen LogP contribution in [0.5, 0.6) is 0 Å². The fourth-order valence-electron chi connectivity index (χ4n) is 3.16. The highest BCUT2D eigenvalue weighted by Gasteiger charge is 2.09. The molecule has 33 heavy (non-hydrogen) atoms. The SMILES string of the molecule is CC/C=C(\C)C(\C=C/C(C)=C(C)\C(CNc1nccc(-c2cccnc2)n1)=C(\C)N)=NC=O. The first kappa shape index (κ1) is 25.4. The molecule has 172 valence electrons. The monoisotopic (exact) mass is 444 g/mol. The molecule has 2 rings (SSSR count). The number of rotatable bonds is 10. The first-order valence-electron chi connectivity index (χ1n) is 10.8. The minimum Gasteiger partial charge on any atom is -0.402 e. The van der Waals surface area contributed by atoms with Gasteiger partial charge >= 0.3 is 0 Å². The molecule has 1 amide bonds. The van der Waals surface area contributed by atoms with Crippen molar-refractivity contribution in [3.63, 3.8) is 0 Å². The summed E-state index contributed by atoms with van der Waals surface area (Å²) in [5.74, 6) is 0.511.